The molecule has 1 aromatic rings. The molecular formula is C8H10OS. The van der Waals surface area contributed by atoms with Crippen LogP contribution in [0.15, 0.2) is 24.3 Å². The van der Waals surface area contributed by atoms with Crippen LogP contribution in [0, 0.1) is 6.92 Å². The van der Waals surface area contributed by atoms with Gasteiger partial charge < -0.3 is 4.18 Å². The van der Waals surface area contributed by atoms with E-state index in [-0.39, 0.29) is 0 Å². The van der Waals surface area contributed by atoms with E-state index < -0.39 is 0 Å². The fraction of sp³-hybridized carbons (Fsp3) is 0.250. The van der Waals surface area contributed by atoms with Crippen molar-refractivity contribution in [2.24, 2.45) is 0 Å². The molecule has 10 heavy (non-hydrogen) atoms. The minimum atomic E-state index is 0.924. The first-order chi connectivity index (χ1) is 4.83. The van der Waals surface area contributed by atoms with E-state index in [0.717, 1.165) is 5.75 Å². The molecule has 0 aliphatic heterocycles. The first kappa shape index (κ1) is 7.48. The summed E-state index contributed by atoms with van der Waals surface area (Å²) in [5.74, 6) is 0.924. The Hall–Kier alpha value is -0.630. The third-order valence-electron chi connectivity index (χ3n) is 1.17. The average Bonchev–Trinajstić information content (AvgIpc) is 1.88. The molecule has 0 bridgehead atoms. The molecule has 2 heteroatoms. The van der Waals surface area contributed by atoms with Crippen LogP contribution in [0.1, 0.15) is 5.56 Å². The van der Waals surface area contributed by atoms with Crippen LogP contribution in [-0.4, -0.2) is 6.26 Å². The van der Waals surface area contributed by atoms with E-state index in [1.54, 1.807) is 0 Å². The molecule has 1 rings (SSSR count). The van der Waals surface area contributed by atoms with Gasteiger partial charge in [-0.3, -0.25) is 0 Å². The molecule has 0 saturated heterocycles. The van der Waals surface area contributed by atoms with Gasteiger partial charge in [-0.1, -0.05) is 12.1 Å². The maximum Gasteiger partial charge on any atom is 0.137 e. The molecule has 0 saturated carbocycles. The van der Waals surface area contributed by atoms with Crippen LogP contribution in [0.25, 0.3) is 0 Å². The quantitative estimate of drug-likeness (QED) is 0.606. The summed E-state index contributed by atoms with van der Waals surface area (Å²) >= 11 is 1.36. The maximum atomic E-state index is 5.20. The lowest BCUT2D eigenvalue weighted by atomic mass is 10.2. The van der Waals surface area contributed by atoms with Gasteiger partial charge in [0.1, 0.15) is 5.75 Å². The molecule has 54 valence electrons. The summed E-state index contributed by atoms with van der Waals surface area (Å²) < 4.78 is 5.20. The van der Waals surface area contributed by atoms with Gasteiger partial charge in [-0.15, -0.1) is 0 Å². The summed E-state index contributed by atoms with van der Waals surface area (Å²) in [5.41, 5.74) is 1.23. The molecule has 0 spiro atoms. The lowest BCUT2D eigenvalue weighted by Gasteiger charge is -1.99. The predicted octanol–water partition coefficient (Wildman–Crippen LogP) is 2.65. The largest absolute Gasteiger partial charge is 0.426 e. The van der Waals surface area contributed by atoms with Gasteiger partial charge >= 0.3 is 0 Å². The Kier molecular flexibility index (Phi) is 2.63. The minimum absolute atomic E-state index is 0.924. The van der Waals surface area contributed by atoms with E-state index in [0.29, 0.717) is 0 Å². The molecule has 0 fully saturated rings. The lowest BCUT2D eigenvalue weighted by molar-refractivity contribution is 0.649. The number of aryl methyl sites for hydroxylation is 1. The smallest absolute Gasteiger partial charge is 0.137 e. The van der Waals surface area contributed by atoms with Crippen molar-refractivity contribution < 1.29 is 4.18 Å². The highest BCUT2D eigenvalue weighted by Crippen LogP contribution is 2.15. The standard InChI is InChI=1S/C8H10OS/c1-7-4-3-5-8(6-7)9-10-2/h3-6H,1-2H3. The predicted molar refractivity (Wildman–Crippen MR) is 45.3 cm³/mol. The Morgan fingerprint density at radius 1 is 1.40 bits per heavy atom. The minimum Gasteiger partial charge on any atom is -0.426 e. The van der Waals surface area contributed by atoms with Crippen molar-refractivity contribution in [1.82, 2.24) is 0 Å². The molecule has 0 heterocycles. The second-order valence-corrected chi connectivity index (χ2v) is 2.57. The Balaban J connectivity index is 2.75. The van der Waals surface area contributed by atoms with Gasteiger partial charge in [0.15, 0.2) is 0 Å². The van der Waals surface area contributed by atoms with Crippen molar-refractivity contribution in [3.05, 3.63) is 29.8 Å². The fourth-order valence-electron chi connectivity index (χ4n) is 0.763. The zero-order valence-electron chi connectivity index (χ0n) is 6.13. The van der Waals surface area contributed by atoms with Crippen LogP contribution in [-0.2, 0) is 0 Å². The highest BCUT2D eigenvalue weighted by atomic mass is 32.2. The first-order valence-corrected chi connectivity index (χ1v) is 4.25. The Bertz CT molecular complexity index is 210. The zero-order valence-corrected chi connectivity index (χ0v) is 6.94. The summed E-state index contributed by atoms with van der Waals surface area (Å²) in [6, 6.07) is 7.99. The van der Waals surface area contributed by atoms with E-state index in [9.17, 15) is 0 Å². The highest BCUT2D eigenvalue weighted by Gasteiger charge is 1.90. The van der Waals surface area contributed by atoms with Crippen molar-refractivity contribution >= 4 is 12.0 Å². The molecule has 0 aliphatic carbocycles. The van der Waals surface area contributed by atoms with Crippen LogP contribution >= 0.6 is 12.0 Å². The second kappa shape index (κ2) is 3.52. The van der Waals surface area contributed by atoms with Crippen molar-refractivity contribution in [3.63, 3.8) is 0 Å². The summed E-state index contributed by atoms with van der Waals surface area (Å²) in [6.45, 7) is 2.05. The summed E-state index contributed by atoms with van der Waals surface area (Å²) in [6.07, 6.45) is 1.91. The van der Waals surface area contributed by atoms with Gasteiger partial charge in [0.2, 0.25) is 0 Å². The monoisotopic (exact) mass is 154 g/mol. The number of rotatable bonds is 2. The molecule has 0 aliphatic rings. The van der Waals surface area contributed by atoms with Gasteiger partial charge in [0, 0.05) is 6.26 Å². The zero-order chi connectivity index (χ0) is 7.40. The summed E-state index contributed by atoms with van der Waals surface area (Å²) in [4.78, 5) is 0. The molecule has 1 aromatic carbocycles. The Labute approximate surface area is 65.6 Å². The van der Waals surface area contributed by atoms with Crippen molar-refractivity contribution in [2.45, 2.75) is 6.92 Å². The van der Waals surface area contributed by atoms with Crippen LogP contribution in [0.4, 0.5) is 0 Å². The number of benzene rings is 1. The van der Waals surface area contributed by atoms with E-state index in [2.05, 4.69) is 0 Å². The fourth-order valence-corrected chi connectivity index (χ4v) is 1.06. The molecule has 1 nitrogen and oxygen atoms in total. The third kappa shape index (κ3) is 1.95. The van der Waals surface area contributed by atoms with E-state index in [1.165, 1.54) is 17.6 Å². The van der Waals surface area contributed by atoms with Crippen LogP contribution < -0.4 is 4.18 Å². The Morgan fingerprint density at radius 2 is 2.20 bits per heavy atom. The molecule has 0 atom stereocenters. The van der Waals surface area contributed by atoms with Crippen molar-refractivity contribution in [3.8, 4) is 5.75 Å². The van der Waals surface area contributed by atoms with E-state index in [4.69, 9.17) is 4.18 Å². The van der Waals surface area contributed by atoms with Gasteiger partial charge in [0.05, 0.1) is 12.0 Å². The lowest BCUT2D eigenvalue weighted by Crippen LogP contribution is -1.78. The molecule has 0 unspecified atom stereocenters. The average molecular weight is 154 g/mol. The molecule has 0 aromatic heterocycles. The second-order valence-electron chi connectivity index (χ2n) is 2.07. The van der Waals surface area contributed by atoms with Crippen LogP contribution in [0.2, 0.25) is 0 Å². The molecule has 0 radical (unpaired) electrons. The summed E-state index contributed by atoms with van der Waals surface area (Å²) in [5, 5.41) is 0. The first-order valence-electron chi connectivity index (χ1n) is 3.10. The topological polar surface area (TPSA) is 9.23 Å². The van der Waals surface area contributed by atoms with Crippen LogP contribution in [0.5, 0.6) is 5.75 Å². The van der Waals surface area contributed by atoms with Gasteiger partial charge in [-0.05, 0) is 24.6 Å². The maximum absolute atomic E-state index is 5.20. The van der Waals surface area contributed by atoms with Crippen LogP contribution in [0.3, 0.4) is 0 Å². The third-order valence-corrected chi connectivity index (χ3v) is 1.53. The number of hydrogen-bond acceptors (Lipinski definition) is 2. The molecular weight excluding hydrogens is 144 g/mol. The van der Waals surface area contributed by atoms with E-state index in [1.807, 2.05) is 37.4 Å². The Morgan fingerprint density at radius 3 is 2.80 bits per heavy atom. The van der Waals surface area contributed by atoms with Gasteiger partial charge in [-0.2, -0.15) is 0 Å². The van der Waals surface area contributed by atoms with Crippen molar-refractivity contribution in [1.29, 1.82) is 0 Å². The number of hydrogen-bond donors (Lipinski definition) is 0. The summed E-state index contributed by atoms with van der Waals surface area (Å²) in [7, 11) is 0. The highest BCUT2D eigenvalue weighted by molar-refractivity contribution is 7.94. The van der Waals surface area contributed by atoms with Gasteiger partial charge in [-0.25, -0.2) is 0 Å². The molecule has 0 amide bonds. The SMILES string of the molecule is CSOc1cccc(C)c1. The molecule has 0 N–H and O–H groups in total. The van der Waals surface area contributed by atoms with Crippen molar-refractivity contribution in [2.75, 3.05) is 6.26 Å². The van der Waals surface area contributed by atoms with Gasteiger partial charge in [0.25, 0.3) is 0 Å². The normalized spacial score (nSPS) is 9.40. The van der Waals surface area contributed by atoms with E-state index >= 15 is 0 Å².